The molecule has 1 unspecified atom stereocenters. The molecule has 102 valence electrons. The number of nitrogen functional groups attached to an aromatic ring is 1. The normalized spacial score (nSPS) is 20.1. The lowest BCUT2D eigenvalue weighted by molar-refractivity contribution is 0.435. The minimum Gasteiger partial charge on any atom is -0.397 e. The van der Waals surface area contributed by atoms with Crippen molar-refractivity contribution < 1.29 is 0 Å². The van der Waals surface area contributed by atoms with Gasteiger partial charge in [-0.2, -0.15) is 5.10 Å². The molecule has 1 fully saturated rings. The molecule has 0 amide bonds. The quantitative estimate of drug-likeness (QED) is 0.830. The van der Waals surface area contributed by atoms with Gasteiger partial charge in [0, 0.05) is 18.0 Å². The minimum absolute atomic E-state index is 0.640. The highest BCUT2D eigenvalue weighted by Crippen LogP contribution is 2.33. The van der Waals surface area contributed by atoms with Crippen LogP contribution in [0.5, 0.6) is 0 Å². The van der Waals surface area contributed by atoms with E-state index in [-0.39, 0.29) is 0 Å². The molecule has 1 saturated heterocycles. The first-order valence-corrected chi connectivity index (χ1v) is 7.29. The van der Waals surface area contributed by atoms with E-state index in [4.69, 9.17) is 5.73 Å². The van der Waals surface area contributed by atoms with Gasteiger partial charge in [0.2, 0.25) is 0 Å². The van der Waals surface area contributed by atoms with Crippen molar-refractivity contribution in [2.24, 2.45) is 0 Å². The average Bonchev–Trinajstić information content (AvgIpc) is 2.86. The number of anilines is 2. The van der Waals surface area contributed by atoms with E-state index >= 15 is 0 Å². The van der Waals surface area contributed by atoms with Crippen molar-refractivity contribution in [3.8, 4) is 0 Å². The number of nitrogens with one attached hydrogen (secondary N) is 1. The SMILES string of the molecule is CCCC1CCCCN1c1cc2[nH]ncc2cc1N. The number of fused-ring (bicyclic) bond motifs is 1. The molecule has 3 N–H and O–H groups in total. The average molecular weight is 258 g/mol. The van der Waals surface area contributed by atoms with Crippen molar-refractivity contribution in [3.05, 3.63) is 18.3 Å². The Morgan fingerprint density at radius 2 is 2.32 bits per heavy atom. The molecule has 4 heteroatoms. The van der Waals surface area contributed by atoms with Gasteiger partial charge in [-0.05, 0) is 37.8 Å². The highest BCUT2D eigenvalue weighted by Gasteiger charge is 2.23. The maximum atomic E-state index is 6.25. The lowest BCUT2D eigenvalue weighted by atomic mass is 9.97. The van der Waals surface area contributed by atoms with Crippen LogP contribution >= 0.6 is 0 Å². The number of nitrogens with two attached hydrogens (primary N) is 1. The third-order valence-corrected chi connectivity index (χ3v) is 4.15. The fraction of sp³-hybridized carbons (Fsp3) is 0.533. The predicted molar refractivity (Wildman–Crippen MR) is 80.4 cm³/mol. The van der Waals surface area contributed by atoms with Crippen LogP contribution in [0, 0.1) is 0 Å². The number of aromatic amines is 1. The highest BCUT2D eigenvalue weighted by molar-refractivity contribution is 5.89. The Bertz CT molecular complexity index is 558. The molecule has 0 aliphatic carbocycles. The zero-order valence-corrected chi connectivity index (χ0v) is 11.5. The first-order valence-electron chi connectivity index (χ1n) is 7.29. The van der Waals surface area contributed by atoms with Gasteiger partial charge in [-0.25, -0.2) is 0 Å². The van der Waals surface area contributed by atoms with Crippen LogP contribution in [0.4, 0.5) is 11.4 Å². The van der Waals surface area contributed by atoms with Crippen molar-refractivity contribution in [2.75, 3.05) is 17.2 Å². The van der Waals surface area contributed by atoms with E-state index in [0.29, 0.717) is 6.04 Å². The molecular weight excluding hydrogens is 236 g/mol. The van der Waals surface area contributed by atoms with Gasteiger partial charge < -0.3 is 10.6 Å². The number of hydrogen-bond acceptors (Lipinski definition) is 3. The standard InChI is InChI=1S/C15H22N4/c1-2-5-12-6-3-4-7-19(12)15-9-14-11(8-13(15)16)10-17-18-14/h8-10,12H,2-7,16H2,1H3,(H,17,18). The molecule has 0 radical (unpaired) electrons. The second-order valence-electron chi connectivity index (χ2n) is 5.50. The number of benzene rings is 1. The first-order chi connectivity index (χ1) is 9.29. The summed E-state index contributed by atoms with van der Waals surface area (Å²) in [5, 5.41) is 8.21. The van der Waals surface area contributed by atoms with Crippen LogP contribution < -0.4 is 10.6 Å². The molecule has 0 spiro atoms. The molecule has 0 bridgehead atoms. The van der Waals surface area contributed by atoms with Gasteiger partial charge in [0.1, 0.15) is 0 Å². The highest BCUT2D eigenvalue weighted by atomic mass is 15.2. The maximum Gasteiger partial charge on any atom is 0.0672 e. The smallest absolute Gasteiger partial charge is 0.0672 e. The zero-order valence-electron chi connectivity index (χ0n) is 11.5. The van der Waals surface area contributed by atoms with Gasteiger partial charge in [-0.1, -0.05) is 13.3 Å². The molecule has 1 aromatic carbocycles. The monoisotopic (exact) mass is 258 g/mol. The van der Waals surface area contributed by atoms with Crippen LogP contribution in [0.2, 0.25) is 0 Å². The minimum atomic E-state index is 0.640. The van der Waals surface area contributed by atoms with Crippen LogP contribution in [-0.2, 0) is 0 Å². The molecule has 1 aliphatic rings. The third kappa shape index (κ3) is 2.27. The van der Waals surface area contributed by atoms with E-state index in [9.17, 15) is 0 Å². The Morgan fingerprint density at radius 1 is 1.42 bits per heavy atom. The number of piperidine rings is 1. The summed E-state index contributed by atoms with van der Waals surface area (Å²) < 4.78 is 0. The Kier molecular flexibility index (Phi) is 3.32. The summed E-state index contributed by atoms with van der Waals surface area (Å²) in [4.78, 5) is 2.50. The van der Waals surface area contributed by atoms with Gasteiger partial charge in [0.15, 0.2) is 0 Å². The molecule has 1 aromatic heterocycles. The summed E-state index contributed by atoms with van der Waals surface area (Å²) in [6.07, 6.45) is 8.20. The van der Waals surface area contributed by atoms with Crippen molar-refractivity contribution in [1.29, 1.82) is 0 Å². The van der Waals surface area contributed by atoms with Gasteiger partial charge >= 0.3 is 0 Å². The Hall–Kier alpha value is -1.71. The largest absolute Gasteiger partial charge is 0.397 e. The van der Waals surface area contributed by atoms with Gasteiger partial charge in [0.05, 0.1) is 23.1 Å². The Balaban J connectivity index is 1.98. The van der Waals surface area contributed by atoms with E-state index in [1.807, 2.05) is 12.3 Å². The summed E-state index contributed by atoms with van der Waals surface area (Å²) in [7, 11) is 0. The van der Waals surface area contributed by atoms with Crippen molar-refractivity contribution in [3.63, 3.8) is 0 Å². The summed E-state index contributed by atoms with van der Waals surface area (Å²) in [5.74, 6) is 0. The molecule has 2 heterocycles. The van der Waals surface area contributed by atoms with E-state index in [1.54, 1.807) is 0 Å². The van der Waals surface area contributed by atoms with Crippen LogP contribution in [-0.4, -0.2) is 22.8 Å². The maximum absolute atomic E-state index is 6.25. The summed E-state index contributed by atoms with van der Waals surface area (Å²) in [6.45, 7) is 3.38. The predicted octanol–water partition coefficient (Wildman–Crippen LogP) is 3.30. The summed E-state index contributed by atoms with van der Waals surface area (Å²) in [6, 6.07) is 4.83. The summed E-state index contributed by atoms with van der Waals surface area (Å²) in [5.41, 5.74) is 9.37. The Labute approximate surface area is 114 Å². The molecule has 2 aromatic rings. The third-order valence-electron chi connectivity index (χ3n) is 4.15. The molecule has 3 rings (SSSR count). The van der Waals surface area contributed by atoms with Crippen LogP contribution in [0.25, 0.3) is 10.9 Å². The number of rotatable bonds is 3. The van der Waals surface area contributed by atoms with Crippen molar-refractivity contribution in [1.82, 2.24) is 10.2 Å². The van der Waals surface area contributed by atoms with E-state index in [2.05, 4.69) is 28.1 Å². The molecule has 1 aliphatic heterocycles. The lowest BCUT2D eigenvalue weighted by Crippen LogP contribution is -2.39. The topological polar surface area (TPSA) is 57.9 Å². The second-order valence-corrected chi connectivity index (χ2v) is 5.50. The Morgan fingerprint density at radius 3 is 3.16 bits per heavy atom. The fourth-order valence-corrected chi connectivity index (χ4v) is 3.20. The van der Waals surface area contributed by atoms with Gasteiger partial charge in [-0.15, -0.1) is 0 Å². The molecule has 0 saturated carbocycles. The van der Waals surface area contributed by atoms with Crippen LogP contribution in [0.1, 0.15) is 39.0 Å². The van der Waals surface area contributed by atoms with Gasteiger partial charge in [0.25, 0.3) is 0 Å². The number of aromatic nitrogens is 2. The first kappa shape index (κ1) is 12.3. The summed E-state index contributed by atoms with van der Waals surface area (Å²) >= 11 is 0. The van der Waals surface area contributed by atoms with E-state index in [0.717, 1.165) is 23.1 Å². The van der Waals surface area contributed by atoms with Crippen LogP contribution in [0.3, 0.4) is 0 Å². The van der Waals surface area contributed by atoms with Crippen molar-refractivity contribution >= 4 is 22.3 Å². The number of nitrogens with zero attached hydrogens (tertiary/aromatic N) is 2. The molecule has 1 atom stereocenters. The van der Waals surface area contributed by atoms with Gasteiger partial charge in [-0.3, -0.25) is 5.10 Å². The van der Waals surface area contributed by atoms with Crippen molar-refractivity contribution in [2.45, 2.75) is 45.1 Å². The fourth-order valence-electron chi connectivity index (χ4n) is 3.20. The molecular formula is C15H22N4. The van der Waals surface area contributed by atoms with E-state index < -0.39 is 0 Å². The second kappa shape index (κ2) is 5.11. The number of H-pyrrole nitrogens is 1. The number of hydrogen-bond donors (Lipinski definition) is 2. The molecule has 19 heavy (non-hydrogen) atoms. The zero-order chi connectivity index (χ0) is 13.2. The lowest BCUT2D eigenvalue weighted by Gasteiger charge is -2.38. The van der Waals surface area contributed by atoms with Crippen LogP contribution in [0.15, 0.2) is 18.3 Å². The van der Waals surface area contributed by atoms with E-state index in [1.165, 1.54) is 37.8 Å². The molecule has 4 nitrogen and oxygen atoms in total.